The maximum atomic E-state index is 10.6. The van der Waals surface area contributed by atoms with Crippen molar-refractivity contribution in [3.63, 3.8) is 0 Å². The molecule has 0 aliphatic heterocycles. The summed E-state index contributed by atoms with van der Waals surface area (Å²) in [4.78, 5) is 10.1. The molecule has 0 saturated carbocycles. The van der Waals surface area contributed by atoms with Crippen LogP contribution in [0.15, 0.2) is 24.3 Å². The Balaban J connectivity index is 2.71. The van der Waals surface area contributed by atoms with E-state index in [2.05, 4.69) is 5.32 Å². The average Bonchev–Trinajstić information content (AvgIpc) is 2.26. The Labute approximate surface area is 94.3 Å². The van der Waals surface area contributed by atoms with Crippen LogP contribution in [0.2, 0.25) is 0 Å². The minimum Gasteiger partial charge on any atom is -0.387 e. The quantitative estimate of drug-likeness (QED) is 0.588. The van der Waals surface area contributed by atoms with E-state index in [4.69, 9.17) is 0 Å². The monoisotopic (exact) mass is 224 g/mol. The number of rotatable bonds is 5. The summed E-state index contributed by atoms with van der Waals surface area (Å²) >= 11 is 0. The number of nitro benzene ring substituents is 1. The highest BCUT2D eigenvalue weighted by Crippen LogP contribution is 2.18. The van der Waals surface area contributed by atoms with Gasteiger partial charge in [0.05, 0.1) is 11.0 Å². The lowest BCUT2D eigenvalue weighted by Gasteiger charge is -2.14. The molecule has 1 aromatic carbocycles. The Hall–Kier alpha value is -1.46. The summed E-state index contributed by atoms with van der Waals surface area (Å²) in [6.07, 6.45) is -0.720. The zero-order chi connectivity index (χ0) is 12.1. The van der Waals surface area contributed by atoms with Gasteiger partial charge in [0.15, 0.2) is 0 Å². The number of aliphatic hydroxyl groups excluding tert-OH is 1. The molecule has 1 atom stereocenters. The highest BCUT2D eigenvalue weighted by molar-refractivity contribution is 5.35. The minimum atomic E-state index is -0.720. The fourth-order valence-electron chi connectivity index (χ4n) is 1.31. The van der Waals surface area contributed by atoms with Crippen LogP contribution < -0.4 is 5.32 Å². The summed E-state index contributed by atoms with van der Waals surface area (Å²) in [6.45, 7) is 4.33. The molecule has 0 bridgehead atoms. The van der Waals surface area contributed by atoms with Crippen LogP contribution in [0, 0.1) is 10.1 Å². The molecule has 0 aromatic heterocycles. The van der Waals surface area contributed by atoms with Crippen molar-refractivity contribution in [2.24, 2.45) is 0 Å². The highest BCUT2D eigenvalue weighted by atomic mass is 16.6. The number of nitrogens with zero attached hydrogens (tertiary/aromatic N) is 1. The first-order valence-corrected chi connectivity index (χ1v) is 5.16. The van der Waals surface area contributed by atoms with E-state index in [-0.39, 0.29) is 11.7 Å². The van der Waals surface area contributed by atoms with Gasteiger partial charge >= 0.3 is 0 Å². The van der Waals surface area contributed by atoms with Crippen LogP contribution in [0.25, 0.3) is 0 Å². The first-order valence-electron chi connectivity index (χ1n) is 5.16. The largest absolute Gasteiger partial charge is 0.387 e. The maximum absolute atomic E-state index is 10.6. The van der Waals surface area contributed by atoms with Crippen molar-refractivity contribution in [1.29, 1.82) is 0 Å². The summed E-state index contributed by atoms with van der Waals surface area (Å²) in [5.74, 6) is 0. The molecule has 0 amide bonds. The average molecular weight is 224 g/mol. The molecule has 1 unspecified atom stereocenters. The Kier molecular flexibility index (Phi) is 4.39. The van der Waals surface area contributed by atoms with Crippen LogP contribution in [0.5, 0.6) is 0 Å². The molecule has 88 valence electrons. The summed E-state index contributed by atoms with van der Waals surface area (Å²) in [6, 6.07) is 6.33. The van der Waals surface area contributed by atoms with Gasteiger partial charge in [0.1, 0.15) is 0 Å². The highest BCUT2D eigenvalue weighted by Gasteiger charge is 2.12. The molecule has 5 nitrogen and oxygen atoms in total. The number of hydrogen-bond acceptors (Lipinski definition) is 4. The van der Waals surface area contributed by atoms with Gasteiger partial charge in [0, 0.05) is 24.7 Å². The van der Waals surface area contributed by atoms with Crippen molar-refractivity contribution < 1.29 is 10.0 Å². The first-order chi connectivity index (χ1) is 7.50. The second-order valence-electron chi connectivity index (χ2n) is 3.93. The Bertz CT molecular complexity index is 366. The number of benzene rings is 1. The van der Waals surface area contributed by atoms with Gasteiger partial charge in [-0.2, -0.15) is 0 Å². The molecule has 0 aliphatic carbocycles. The van der Waals surface area contributed by atoms with E-state index in [1.807, 2.05) is 13.8 Å². The number of hydrogen-bond donors (Lipinski definition) is 2. The third-order valence-electron chi connectivity index (χ3n) is 2.19. The lowest BCUT2D eigenvalue weighted by atomic mass is 10.1. The fourth-order valence-corrected chi connectivity index (χ4v) is 1.31. The maximum Gasteiger partial charge on any atom is 0.269 e. The van der Waals surface area contributed by atoms with Gasteiger partial charge in [-0.3, -0.25) is 10.1 Å². The van der Waals surface area contributed by atoms with Gasteiger partial charge in [0.2, 0.25) is 0 Å². The molecule has 0 spiro atoms. The summed E-state index contributed by atoms with van der Waals surface area (Å²) in [7, 11) is 0. The van der Waals surface area contributed by atoms with Crippen LogP contribution in [-0.2, 0) is 0 Å². The van der Waals surface area contributed by atoms with Gasteiger partial charge in [0.25, 0.3) is 5.69 Å². The van der Waals surface area contributed by atoms with Gasteiger partial charge in [-0.25, -0.2) is 0 Å². The van der Waals surface area contributed by atoms with Gasteiger partial charge < -0.3 is 10.4 Å². The van der Waals surface area contributed by atoms with Crippen LogP contribution >= 0.6 is 0 Å². The number of aliphatic hydroxyl groups is 1. The van der Waals surface area contributed by atoms with Gasteiger partial charge in [-0.15, -0.1) is 0 Å². The molecule has 5 heteroatoms. The molecule has 0 saturated heterocycles. The zero-order valence-electron chi connectivity index (χ0n) is 9.38. The molecule has 1 aromatic rings. The predicted octanol–water partition coefficient (Wildman–Crippen LogP) is 1.63. The SMILES string of the molecule is CC(C)NCC(O)c1cccc([N+](=O)[O-])c1. The lowest BCUT2D eigenvalue weighted by molar-refractivity contribution is -0.385. The Morgan fingerprint density at radius 1 is 1.50 bits per heavy atom. The molecular formula is C11H16N2O3. The van der Waals surface area contributed by atoms with E-state index in [9.17, 15) is 15.2 Å². The molecule has 16 heavy (non-hydrogen) atoms. The van der Waals surface area contributed by atoms with Crippen LogP contribution in [0.3, 0.4) is 0 Å². The van der Waals surface area contributed by atoms with Gasteiger partial charge in [-0.05, 0) is 5.56 Å². The van der Waals surface area contributed by atoms with Crippen LogP contribution in [0.1, 0.15) is 25.5 Å². The minimum absolute atomic E-state index is 0.00102. The number of nitrogens with one attached hydrogen (secondary N) is 1. The number of nitro groups is 1. The number of non-ortho nitro benzene ring substituents is 1. The molecule has 0 heterocycles. The third kappa shape index (κ3) is 3.60. The Morgan fingerprint density at radius 3 is 2.75 bits per heavy atom. The molecule has 0 fully saturated rings. The summed E-state index contributed by atoms with van der Waals surface area (Å²) in [5, 5.41) is 23.4. The van der Waals surface area contributed by atoms with E-state index in [0.29, 0.717) is 12.1 Å². The standard InChI is InChI=1S/C11H16N2O3/c1-8(2)12-7-11(14)9-4-3-5-10(6-9)13(15)16/h3-6,8,11-12,14H,7H2,1-2H3. The fraction of sp³-hybridized carbons (Fsp3) is 0.455. The third-order valence-corrected chi connectivity index (χ3v) is 2.19. The summed E-state index contributed by atoms with van der Waals surface area (Å²) < 4.78 is 0. The molecule has 0 radical (unpaired) electrons. The van der Waals surface area contributed by atoms with Crippen molar-refractivity contribution in [3.05, 3.63) is 39.9 Å². The molecule has 2 N–H and O–H groups in total. The first kappa shape index (κ1) is 12.6. The van der Waals surface area contributed by atoms with Crippen molar-refractivity contribution in [3.8, 4) is 0 Å². The topological polar surface area (TPSA) is 75.4 Å². The van der Waals surface area contributed by atoms with Crippen molar-refractivity contribution in [2.75, 3.05) is 6.54 Å². The Morgan fingerprint density at radius 2 is 2.19 bits per heavy atom. The lowest BCUT2D eigenvalue weighted by Crippen LogP contribution is -2.27. The second kappa shape index (κ2) is 5.58. The van der Waals surface area contributed by atoms with Crippen molar-refractivity contribution in [2.45, 2.75) is 26.0 Å². The van der Waals surface area contributed by atoms with E-state index < -0.39 is 11.0 Å². The van der Waals surface area contributed by atoms with E-state index in [1.165, 1.54) is 12.1 Å². The van der Waals surface area contributed by atoms with E-state index in [0.717, 1.165) is 0 Å². The van der Waals surface area contributed by atoms with Crippen LogP contribution in [0.4, 0.5) is 5.69 Å². The summed E-state index contributed by atoms with van der Waals surface area (Å²) in [5.41, 5.74) is 0.559. The van der Waals surface area contributed by atoms with Crippen LogP contribution in [-0.4, -0.2) is 22.6 Å². The second-order valence-corrected chi connectivity index (χ2v) is 3.93. The molecule has 1 rings (SSSR count). The normalized spacial score (nSPS) is 12.8. The zero-order valence-corrected chi connectivity index (χ0v) is 9.38. The van der Waals surface area contributed by atoms with E-state index >= 15 is 0 Å². The van der Waals surface area contributed by atoms with Gasteiger partial charge in [-0.1, -0.05) is 26.0 Å². The molecular weight excluding hydrogens is 208 g/mol. The predicted molar refractivity (Wildman–Crippen MR) is 61.2 cm³/mol. The molecule has 0 aliphatic rings. The smallest absolute Gasteiger partial charge is 0.269 e. The van der Waals surface area contributed by atoms with Crippen molar-refractivity contribution >= 4 is 5.69 Å². The van der Waals surface area contributed by atoms with Crippen molar-refractivity contribution in [1.82, 2.24) is 5.32 Å². The van der Waals surface area contributed by atoms with E-state index in [1.54, 1.807) is 12.1 Å².